The number of carbonyl (C=O) groups excluding carboxylic acids is 1. The lowest BCUT2D eigenvalue weighted by atomic mass is 9.70. The predicted octanol–water partition coefficient (Wildman–Crippen LogP) is 2.12. The molecular formula is C19H16F2N6O. The van der Waals surface area contributed by atoms with Crippen molar-refractivity contribution in [3.8, 4) is 0 Å². The number of nitrogens with one attached hydrogen (secondary N) is 2. The van der Waals surface area contributed by atoms with Crippen molar-refractivity contribution >= 4 is 11.5 Å². The normalized spacial score (nSPS) is 24.5. The standard InChI is InChI=1S/C19H16F2N6O/c20-12-3-1-10(2-4-12)14-5-11-7-25-27(21)15-6-13(28)8-22-18(16(11)15)17(14)19-23-9-24-26-19/h1-4,6,9,14,17,25H,5,7-8H2,(H,23,24,26). The Morgan fingerprint density at radius 1 is 1.21 bits per heavy atom. The molecule has 1 aromatic carbocycles. The Morgan fingerprint density at radius 2 is 2.04 bits per heavy atom. The highest BCUT2D eigenvalue weighted by atomic mass is 19.2. The summed E-state index contributed by atoms with van der Waals surface area (Å²) in [5, 5.41) is 7.23. The van der Waals surface area contributed by atoms with Gasteiger partial charge in [0.25, 0.3) is 0 Å². The molecule has 1 aliphatic carbocycles. The highest BCUT2D eigenvalue weighted by Crippen LogP contribution is 2.47. The van der Waals surface area contributed by atoms with Crippen LogP contribution in [0.2, 0.25) is 0 Å². The van der Waals surface area contributed by atoms with Gasteiger partial charge in [0.15, 0.2) is 5.78 Å². The molecule has 2 N–H and O–H groups in total. The van der Waals surface area contributed by atoms with Crippen molar-refractivity contribution in [2.45, 2.75) is 18.3 Å². The minimum Gasteiger partial charge on any atom is -0.293 e. The van der Waals surface area contributed by atoms with E-state index in [0.29, 0.717) is 35.3 Å². The molecule has 0 saturated carbocycles. The van der Waals surface area contributed by atoms with E-state index >= 15 is 0 Å². The Bertz CT molecular complexity index is 1030. The number of aliphatic imine (C=N–C) groups is 1. The number of rotatable bonds is 2. The number of hydrogen-bond donors (Lipinski definition) is 2. The first-order valence-corrected chi connectivity index (χ1v) is 8.93. The Labute approximate surface area is 158 Å². The first-order chi connectivity index (χ1) is 13.6. The van der Waals surface area contributed by atoms with Crippen LogP contribution < -0.4 is 5.43 Å². The third-order valence-corrected chi connectivity index (χ3v) is 5.40. The maximum Gasteiger partial charge on any atom is 0.179 e. The number of benzene rings is 1. The highest BCUT2D eigenvalue weighted by molar-refractivity contribution is 6.13. The zero-order chi connectivity index (χ0) is 19.3. The monoisotopic (exact) mass is 382 g/mol. The fourth-order valence-electron chi connectivity index (χ4n) is 4.21. The molecule has 0 fully saturated rings. The molecule has 3 aliphatic rings. The number of hydrazine groups is 1. The molecule has 2 atom stereocenters. The van der Waals surface area contributed by atoms with Gasteiger partial charge in [-0.2, -0.15) is 5.10 Å². The van der Waals surface area contributed by atoms with Crippen LogP contribution in [0.4, 0.5) is 8.87 Å². The van der Waals surface area contributed by atoms with Crippen molar-refractivity contribution < 1.29 is 13.7 Å². The molecule has 3 heterocycles. The molecule has 142 valence electrons. The summed E-state index contributed by atoms with van der Waals surface area (Å²) < 4.78 is 27.9. The Kier molecular flexibility index (Phi) is 3.90. The minimum atomic E-state index is -0.354. The van der Waals surface area contributed by atoms with Crippen LogP contribution in [0.25, 0.3) is 0 Å². The lowest BCUT2D eigenvalue weighted by Crippen LogP contribution is -2.43. The van der Waals surface area contributed by atoms with Gasteiger partial charge in [0.05, 0.1) is 11.6 Å². The number of H-pyrrole nitrogens is 1. The van der Waals surface area contributed by atoms with Crippen LogP contribution in [-0.2, 0) is 4.79 Å². The van der Waals surface area contributed by atoms with Crippen LogP contribution in [0.1, 0.15) is 29.6 Å². The third-order valence-electron chi connectivity index (χ3n) is 5.40. The van der Waals surface area contributed by atoms with E-state index in [4.69, 9.17) is 0 Å². The highest BCUT2D eigenvalue weighted by Gasteiger charge is 2.43. The van der Waals surface area contributed by atoms with E-state index in [9.17, 15) is 13.7 Å². The van der Waals surface area contributed by atoms with Crippen LogP contribution in [0.3, 0.4) is 0 Å². The number of hydrogen-bond acceptors (Lipinski definition) is 6. The smallest absolute Gasteiger partial charge is 0.179 e. The number of halogens is 2. The van der Waals surface area contributed by atoms with Crippen molar-refractivity contribution in [1.29, 1.82) is 0 Å². The van der Waals surface area contributed by atoms with Gasteiger partial charge in [-0.25, -0.2) is 14.8 Å². The largest absolute Gasteiger partial charge is 0.293 e. The zero-order valence-electron chi connectivity index (χ0n) is 14.7. The number of aromatic nitrogens is 3. The third kappa shape index (κ3) is 2.66. The lowest BCUT2D eigenvalue weighted by molar-refractivity contribution is -0.113. The Hall–Kier alpha value is -3.20. The molecular weight excluding hydrogens is 366 g/mol. The predicted molar refractivity (Wildman–Crippen MR) is 96.2 cm³/mol. The number of carbonyl (C=O) groups is 1. The molecule has 0 radical (unpaired) electrons. The van der Waals surface area contributed by atoms with Crippen molar-refractivity contribution in [2.24, 2.45) is 4.99 Å². The molecule has 1 aromatic heterocycles. The number of allylic oxidation sites excluding steroid dienone is 1. The van der Waals surface area contributed by atoms with Gasteiger partial charge in [-0.1, -0.05) is 16.6 Å². The van der Waals surface area contributed by atoms with E-state index in [1.54, 1.807) is 12.1 Å². The van der Waals surface area contributed by atoms with Gasteiger partial charge in [0.2, 0.25) is 0 Å². The van der Waals surface area contributed by atoms with Gasteiger partial charge < -0.3 is 0 Å². The molecule has 2 unspecified atom stereocenters. The quantitative estimate of drug-likeness (QED) is 0.777. The molecule has 2 aromatic rings. The molecule has 0 saturated heterocycles. The summed E-state index contributed by atoms with van der Waals surface area (Å²) >= 11 is 0. The van der Waals surface area contributed by atoms with E-state index in [1.807, 2.05) is 0 Å². The van der Waals surface area contributed by atoms with Crippen molar-refractivity contribution in [3.05, 3.63) is 70.7 Å². The SMILES string of the molecule is O=C1C=C2C3=C(CNN2F)CC(c2ccc(F)cc2)C(c2ncn[nH]2)C3=NC1. The summed E-state index contributed by atoms with van der Waals surface area (Å²) in [6.07, 6.45) is 3.29. The average Bonchev–Trinajstić information content (AvgIpc) is 3.16. The zero-order valence-corrected chi connectivity index (χ0v) is 14.7. The maximum atomic E-state index is 14.4. The molecule has 28 heavy (non-hydrogen) atoms. The fourth-order valence-corrected chi connectivity index (χ4v) is 4.21. The second kappa shape index (κ2) is 6.45. The average molecular weight is 382 g/mol. The second-order valence-electron chi connectivity index (χ2n) is 7.00. The van der Waals surface area contributed by atoms with Crippen LogP contribution >= 0.6 is 0 Å². The van der Waals surface area contributed by atoms with Gasteiger partial charge in [0, 0.05) is 24.1 Å². The van der Waals surface area contributed by atoms with E-state index in [2.05, 4.69) is 25.6 Å². The Balaban J connectivity index is 1.71. The van der Waals surface area contributed by atoms with Crippen LogP contribution in [-0.4, -0.2) is 45.0 Å². The summed E-state index contributed by atoms with van der Waals surface area (Å²) in [6.45, 7) is 0.238. The van der Waals surface area contributed by atoms with Gasteiger partial charge in [-0.05, 0) is 29.7 Å². The summed E-state index contributed by atoms with van der Waals surface area (Å²) in [6, 6.07) is 6.32. The molecule has 0 spiro atoms. The molecule has 5 rings (SSSR count). The van der Waals surface area contributed by atoms with Crippen molar-refractivity contribution in [3.63, 3.8) is 0 Å². The van der Waals surface area contributed by atoms with E-state index in [-0.39, 0.29) is 35.7 Å². The molecule has 9 heteroatoms. The van der Waals surface area contributed by atoms with Crippen molar-refractivity contribution in [1.82, 2.24) is 25.8 Å². The summed E-state index contributed by atoms with van der Waals surface area (Å²) in [5.41, 5.74) is 5.95. The van der Waals surface area contributed by atoms with Gasteiger partial charge in [-0.3, -0.25) is 14.9 Å². The van der Waals surface area contributed by atoms with Gasteiger partial charge >= 0.3 is 0 Å². The molecule has 7 nitrogen and oxygen atoms in total. The molecule has 2 aliphatic heterocycles. The lowest BCUT2D eigenvalue weighted by Gasteiger charge is -2.39. The number of ketones is 1. The van der Waals surface area contributed by atoms with Crippen LogP contribution in [0, 0.1) is 5.82 Å². The molecule has 0 bridgehead atoms. The van der Waals surface area contributed by atoms with Gasteiger partial charge in [-0.15, -0.1) is 5.23 Å². The van der Waals surface area contributed by atoms with E-state index in [1.165, 1.54) is 24.5 Å². The summed E-state index contributed by atoms with van der Waals surface area (Å²) in [4.78, 5) is 21.0. The number of aromatic amines is 1. The van der Waals surface area contributed by atoms with E-state index < -0.39 is 0 Å². The first-order valence-electron chi connectivity index (χ1n) is 8.93. The second-order valence-corrected chi connectivity index (χ2v) is 7.00. The summed E-state index contributed by atoms with van der Waals surface area (Å²) in [7, 11) is 0. The minimum absolute atomic E-state index is 0.0652. The Morgan fingerprint density at radius 3 is 2.79 bits per heavy atom. The van der Waals surface area contributed by atoms with Crippen LogP contribution in [0.5, 0.6) is 0 Å². The van der Waals surface area contributed by atoms with E-state index in [0.717, 1.165) is 11.1 Å². The van der Waals surface area contributed by atoms with Gasteiger partial charge in [0.1, 0.15) is 30.2 Å². The number of nitrogens with zero attached hydrogens (tertiary/aromatic N) is 4. The summed E-state index contributed by atoms with van der Waals surface area (Å²) in [5.74, 6) is -0.464. The molecule has 0 amide bonds. The maximum absolute atomic E-state index is 14.4. The fraction of sp³-hybridized carbons (Fsp3) is 0.263. The van der Waals surface area contributed by atoms with Crippen LogP contribution in [0.15, 0.2) is 58.5 Å². The first kappa shape index (κ1) is 16.9. The van der Waals surface area contributed by atoms with Crippen molar-refractivity contribution in [2.75, 3.05) is 13.1 Å². The topological polar surface area (TPSA) is 86.3 Å².